The maximum Gasteiger partial charge on any atom is 0.207 e. The lowest BCUT2D eigenvalue weighted by Gasteiger charge is -2.25. The van der Waals surface area contributed by atoms with Crippen molar-refractivity contribution in [2.75, 3.05) is 6.54 Å². The van der Waals surface area contributed by atoms with Gasteiger partial charge in [0.15, 0.2) is 0 Å². The normalized spacial score (nSPS) is 17.7. The van der Waals surface area contributed by atoms with Crippen molar-refractivity contribution in [2.45, 2.75) is 19.4 Å². The summed E-state index contributed by atoms with van der Waals surface area (Å²) in [6.45, 7) is 3.41. The van der Waals surface area contributed by atoms with Crippen LogP contribution in [-0.4, -0.2) is 13.0 Å². The SMILES string of the molecule is CC(CNC=O)C1c2ccccc2COc2ccccc21. The summed E-state index contributed by atoms with van der Waals surface area (Å²) in [5.41, 5.74) is 3.71. The molecule has 21 heavy (non-hydrogen) atoms. The van der Waals surface area contributed by atoms with Crippen molar-refractivity contribution in [3.63, 3.8) is 0 Å². The average Bonchev–Trinajstić information content (AvgIpc) is 2.69. The van der Waals surface area contributed by atoms with E-state index in [1.807, 2.05) is 24.3 Å². The first kappa shape index (κ1) is 13.7. The van der Waals surface area contributed by atoms with Crippen molar-refractivity contribution in [2.24, 2.45) is 5.92 Å². The summed E-state index contributed by atoms with van der Waals surface area (Å²) in [5, 5.41) is 2.81. The summed E-state index contributed by atoms with van der Waals surface area (Å²) in [4.78, 5) is 10.6. The third-order valence-corrected chi connectivity index (χ3v) is 4.12. The first-order valence-corrected chi connectivity index (χ1v) is 7.28. The van der Waals surface area contributed by atoms with Crippen LogP contribution >= 0.6 is 0 Å². The van der Waals surface area contributed by atoms with Crippen LogP contribution in [0.2, 0.25) is 0 Å². The Hall–Kier alpha value is -2.29. The molecule has 2 unspecified atom stereocenters. The van der Waals surface area contributed by atoms with E-state index in [0.29, 0.717) is 19.1 Å². The van der Waals surface area contributed by atoms with Gasteiger partial charge in [-0.3, -0.25) is 4.79 Å². The molecular formula is C18H19NO2. The van der Waals surface area contributed by atoms with Crippen molar-refractivity contribution >= 4 is 6.41 Å². The van der Waals surface area contributed by atoms with Crippen LogP contribution in [0.1, 0.15) is 29.5 Å². The van der Waals surface area contributed by atoms with Gasteiger partial charge in [0.1, 0.15) is 12.4 Å². The minimum atomic E-state index is 0.229. The van der Waals surface area contributed by atoms with Gasteiger partial charge in [-0.15, -0.1) is 0 Å². The largest absolute Gasteiger partial charge is 0.489 e. The molecule has 0 saturated carbocycles. The quantitative estimate of drug-likeness (QED) is 0.875. The number of carbonyl (C=O) groups excluding carboxylic acids is 1. The van der Waals surface area contributed by atoms with Crippen LogP contribution in [-0.2, 0) is 11.4 Å². The first-order chi connectivity index (χ1) is 10.3. The van der Waals surface area contributed by atoms with E-state index in [2.05, 4.69) is 36.5 Å². The minimum absolute atomic E-state index is 0.229. The molecule has 2 atom stereocenters. The smallest absolute Gasteiger partial charge is 0.207 e. The summed E-state index contributed by atoms with van der Waals surface area (Å²) in [7, 11) is 0. The summed E-state index contributed by atoms with van der Waals surface area (Å²) < 4.78 is 5.97. The van der Waals surface area contributed by atoms with Gasteiger partial charge in [-0.2, -0.15) is 0 Å². The predicted octanol–water partition coefficient (Wildman–Crippen LogP) is 3.09. The van der Waals surface area contributed by atoms with Crippen LogP contribution in [0.25, 0.3) is 0 Å². The number of para-hydroxylation sites is 1. The molecule has 0 fully saturated rings. The fraction of sp³-hybridized carbons (Fsp3) is 0.278. The molecule has 1 aliphatic rings. The zero-order chi connectivity index (χ0) is 14.7. The Morgan fingerprint density at radius 1 is 1.19 bits per heavy atom. The molecule has 0 aliphatic carbocycles. The molecule has 0 spiro atoms. The van der Waals surface area contributed by atoms with Crippen molar-refractivity contribution in [1.82, 2.24) is 5.32 Å². The number of hydrogen-bond donors (Lipinski definition) is 1. The van der Waals surface area contributed by atoms with Crippen LogP contribution in [0.5, 0.6) is 5.75 Å². The lowest BCUT2D eigenvalue weighted by Crippen LogP contribution is -2.25. The zero-order valence-corrected chi connectivity index (χ0v) is 12.1. The number of ether oxygens (including phenoxy) is 1. The molecule has 0 bridgehead atoms. The first-order valence-electron chi connectivity index (χ1n) is 7.28. The van der Waals surface area contributed by atoms with Crippen LogP contribution in [0.3, 0.4) is 0 Å². The maximum absolute atomic E-state index is 10.6. The molecule has 0 aromatic heterocycles. The second kappa shape index (κ2) is 6.00. The van der Waals surface area contributed by atoms with Gasteiger partial charge in [0.05, 0.1) is 0 Å². The van der Waals surface area contributed by atoms with E-state index >= 15 is 0 Å². The molecule has 1 N–H and O–H groups in total. The standard InChI is InChI=1S/C18H19NO2/c1-13(10-19-12-20)18-15-7-3-2-6-14(15)11-21-17-9-5-4-8-16(17)18/h2-9,12-13,18H,10-11H2,1H3,(H,19,20). The van der Waals surface area contributed by atoms with E-state index in [1.54, 1.807) is 0 Å². The van der Waals surface area contributed by atoms with E-state index in [9.17, 15) is 4.79 Å². The van der Waals surface area contributed by atoms with Crippen molar-refractivity contribution < 1.29 is 9.53 Å². The second-order valence-electron chi connectivity index (χ2n) is 5.51. The Bertz CT molecular complexity index is 591. The van der Waals surface area contributed by atoms with Crippen molar-refractivity contribution in [1.29, 1.82) is 0 Å². The number of fused-ring (bicyclic) bond motifs is 2. The van der Waals surface area contributed by atoms with E-state index in [1.165, 1.54) is 16.7 Å². The Morgan fingerprint density at radius 2 is 1.90 bits per heavy atom. The highest BCUT2D eigenvalue weighted by Crippen LogP contribution is 2.41. The predicted molar refractivity (Wildman–Crippen MR) is 82.3 cm³/mol. The van der Waals surface area contributed by atoms with Gasteiger partial charge < -0.3 is 10.1 Å². The lowest BCUT2D eigenvalue weighted by atomic mass is 9.80. The van der Waals surface area contributed by atoms with E-state index < -0.39 is 0 Å². The van der Waals surface area contributed by atoms with Crippen LogP contribution in [0, 0.1) is 5.92 Å². The molecule has 3 nitrogen and oxygen atoms in total. The molecule has 0 saturated heterocycles. The molecule has 3 heteroatoms. The monoisotopic (exact) mass is 281 g/mol. The third kappa shape index (κ3) is 2.64. The molecule has 1 amide bonds. The van der Waals surface area contributed by atoms with Gasteiger partial charge in [0.2, 0.25) is 6.41 Å². The summed E-state index contributed by atoms with van der Waals surface area (Å²) in [6.07, 6.45) is 0.765. The van der Waals surface area contributed by atoms with Crippen LogP contribution < -0.4 is 10.1 Å². The number of rotatable bonds is 4. The summed E-state index contributed by atoms with van der Waals surface area (Å²) in [5.74, 6) is 1.46. The molecule has 1 heterocycles. The van der Waals surface area contributed by atoms with Crippen molar-refractivity contribution in [3.8, 4) is 5.75 Å². The molecule has 108 valence electrons. The van der Waals surface area contributed by atoms with E-state index in [0.717, 1.165) is 12.2 Å². The van der Waals surface area contributed by atoms with Gasteiger partial charge in [-0.25, -0.2) is 0 Å². The van der Waals surface area contributed by atoms with Gasteiger partial charge in [-0.05, 0) is 23.1 Å². The van der Waals surface area contributed by atoms with Crippen LogP contribution in [0.4, 0.5) is 0 Å². The maximum atomic E-state index is 10.6. The molecular weight excluding hydrogens is 262 g/mol. The Kier molecular flexibility index (Phi) is 3.91. The van der Waals surface area contributed by atoms with Gasteiger partial charge >= 0.3 is 0 Å². The number of benzene rings is 2. The Morgan fingerprint density at radius 3 is 2.71 bits per heavy atom. The van der Waals surface area contributed by atoms with E-state index in [4.69, 9.17) is 4.74 Å². The third-order valence-electron chi connectivity index (χ3n) is 4.12. The highest BCUT2D eigenvalue weighted by molar-refractivity contribution is 5.48. The Balaban J connectivity index is 2.08. The molecule has 1 aliphatic heterocycles. The number of nitrogens with one attached hydrogen (secondary N) is 1. The average molecular weight is 281 g/mol. The van der Waals surface area contributed by atoms with E-state index in [-0.39, 0.29) is 5.92 Å². The second-order valence-corrected chi connectivity index (χ2v) is 5.51. The van der Waals surface area contributed by atoms with Gasteiger partial charge in [0.25, 0.3) is 0 Å². The number of amides is 1. The minimum Gasteiger partial charge on any atom is -0.489 e. The fourth-order valence-corrected chi connectivity index (χ4v) is 3.13. The molecule has 2 aromatic rings. The highest BCUT2D eigenvalue weighted by atomic mass is 16.5. The lowest BCUT2D eigenvalue weighted by molar-refractivity contribution is -0.109. The van der Waals surface area contributed by atoms with Crippen molar-refractivity contribution in [3.05, 3.63) is 65.2 Å². The van der Waals surface area contributed by atoms with Gasteiger partial charge in [0, 0.05) is 18.0 Å². The number of hydrogen-bond acceptors (Lipinski definition) is 2. The van der Waals surface area contributed by atoms with Crippen LogP contribution in [0.15, 0.2) is 48.5 Å². The highest BCUT2D eigenvalue weighted by Gasteiger charge is 2.28. The Labute approximate surface area is 124 Å². The topological polar surface area (TPSA) is 38.3 Å². The zero-order valence-electron chi connectivity index (χ0n) is 12.1. The molecule has 2 aromatic carbocycles. The van der Waals surface area contributed by atoms with Gasteiger partial charge in [-0.1, -0.05) is 49.4 Å². The number of carbonyl (C=O) groups is 1. The molecule has 3 rings (SSSR count). The summed E-state index contributed by atoms with van der Waals surface area (Å²) >= 11 is 0. The fourth-order valence-electron chi connectivity index (χ4n) is 3.13. The molecule has 0 radical (unpaired) electrons. The summed E-state index contributed by atoms with van der Waals surface area (Å²) in [6, 6.07) is 16.6.